The predicted molar refractivity (Wildman–Crippen MR) is 73.3 cm³/mol. The van der Waals surface area contributed by atoms with Crippen molar-refractivity contribution in [3.8, 4) is 5.75 Å². The van der Waals surface area contributed by atoms with E-state index < -0.39 is 11.9 Å². The zero-order chi connectivity index (χ0) is 14.5. The Bertz CT molecular complexity index is 500. The van der Waals surface area contributed by atoms with Crippen LogP contribution in [0.4, 0.5) is 0 Å². The summed E-state index contributed by atoms with van der Waals surface area (Å²) in [5.41, 5.74) is 0.713. The van der Waals surface area contributed by atoms with Gasteiger partial charge in [0, 0.05) is 6.04 Å². The average molecular weight is 277 g/mol. The summed E-state index contributed by atoms with van der Waals surface area (Å²) in [6.45, 7) is 0. The Labute approximate surface area is 117 Å². The largest absolute Gasteiger partial charge is 0.508 e. The molecular formula is C15H19NO4. The molecule has 0 heterocycles. The molecule has 108 valence electrons. The van der Waals surface area contributed by atoms with Crippen LogP contribution >= 0.6 is 0 Å². The number of benzene rings is 1. The number of carbonyl (C=O) groups excluding carboxylic acids is 1. The molecule has 2 atom stereocenters. The fourth-order valence-corrected chi connectivity index (χ4v) is 2.71. The van der Waals surface area contributed by atoms with Gasteiger partial charge < -0.3 is 15.5 Å². The molecule has 0 bridgehead atoms. The van der Waals surface area contributed by atoms with Gasteiger partial charge in [-0.3, -0.25) is 9.59 Å². The van der Waals surface area contributed by atoms with Crippen LogP contribution in [0.1, 0.15) is 31.2 Å². The molecule has 0 saturated heterocycles. The molecule has 1 amide bonds. The number of carbonyl (C=O) groups is 2. The number of phenolic OH excluding ortho intramolecular Hbond substituents is 1. The summed E-state index contributed by atoms with van der Waals surface area (Å²) in [5.74, 6) is -1.41. The Morgan fingerprint density at radius 3 is 2.70 bits per heavy atom. The average Bonchev–Trinajstić information content (AvgIpc) is 2.38. The maximum absolute atomic E-state index is 12.0. The minimum Gasteiger partial charge on any atom is -0.508 e. The van der Waals surface area contributed by atoms with Crippen molar-refractivity contribution in [2.45, 2.75) is 38.1 Å². The molecule has 1 aliphatic rings. The number of carboxylic acid groups (broad SMARTS) is 1. The van der Waals surface area contributed by atoms with Crippen molar-refractivity contribution in [3.63, 3.8) is 0 Å². The SMILES string of the molecule is O=C(Cc1cccc(O)c1)NC1CCCCC1C(=O)O. The fraction of sp³-hybridized carbons (Fsp3) is 0.467. The van der Waals surface area contributed by atoms with Crippen molar-refractivity contribution in [1.82, 2.24) is 5.32 Å². The fourth-order valence-electron chi connectivity index (χ4n) is 2.71. The third-order valence-corrected chi connectivity index (χ3v) is 3.70. The Balaban J connectivity index is 1.94. The molecule has 20 heavy (non-hydrogen) atoms. The predicted octanol–water partition coefficient (Wildman–Crippen LogP) is 1.69. The third-order valence-electron chi connectivity index (χ3n) is 3.70. The summed E-state index contributed by atoms with van der Waals surface area (Å²) in [6, 6.07) is 6.23. The first-order valence-corrected chi connectivity index (χ1v) is 6.86. The summed E-state index contributed by atoms with van der Waals surface area (Å²) in [7, 11) is 0. The number of amides is 1. The van der Waals surface area contributed by atoms with Crippen LogP contribution in [0.15, 0.2) is 24.3 Å². The molecule has 2 rings (SSSR count). The number of phenols is 1. The van der Waals surface area contributed by atoms with E-state index in [0.29, 0.717) is 18.4 Å². The highest BCUT2D eigenvalue weighted by molar-refractivity contribution is 5.80. The number of nitrogens with one attached hydrogen (secondary N) is 1. The van der Waals surface area contributed by atoms with E-state index in [0.717, 1.165) is 12.8 Å². The molecule has 0 radical (unpaired) electrons. The Morgan fingerprint density at radius 1 is 1.25 bits per heavy atom. The highest BCUT2D eigenvalue weighted by atomic mass is 16.4. The molecule has 1 aliphatic carbocycles. The van der Waals surface area contributed by atoms with E-state index in [2.05, 4.69) is 5.32 Å². The minimum absolute atomic E-state index is 0.122. The van der Waals surface area contributed by atoms with Gasteiger partial charge in [-0.25, -0.2) is 0 Å². The van der Waals surface area contributed by atoms with E-state index >= 15 is 0 Å². The summed E-state index contributed by atoms with van der Waals surface area (Å²) >= 11 is 0. The second kappa shape index (κ2) is 6.41. The number of aromatic hydroxyl groups is 1. The second-order valence-corrected chi connectivity index (χ2v) is 5.25. The van der Waals surface area contributed by atoms with E-state index in [1.54, 1.807) is 18.2 Å². The standard InChI is InChI=1S/C15H19NO4/c17-11-5-3-4-10(8-11)9-14(18)16-13-7-2-1-6-12(13)15(19)20/h3-5,8,12-13,17H,1-2,6-7,9H2,(H,16,18)(H,19,20). The van der Waals surface area contributed by atoms with Crippen molar-refractivity contribution in [1.29, 1.82) is 0 Å². The van der Waals surface area contributed by atoms with Gasteiger partial charge in [0.1, 0.15) is 5.75 Å². The van der Waals surface area contributed by atoms with Crippen molar-refractivity contribution < 1.29 is 19.8 Å². The first-order chi connectivity index (χ1) is 9.56. The smallest absolute Gasteiger partial charge is 0.308 e. The molecule has 1 aromatic carbocycles. The molecule has 2 unspecified atom stereocenters. The van der Waals surface area contributed by atoms with Gasteiger partial charge in [-0.2, -0.15) is 0 Å². The van der Waals surface area contributed by atoms with Gasteiger partial charge in [-0.05, 0) is 30.5 Å². The number of hydrogen-bond acceptors (Lipinski definition) is 3. The van der Waals surface area contributed by atoms with Crippen LogP contribution in [0, 0.1) is 5.92 Å². The van der Waals surface area contributed by atoms with E-state index in [9.17, 15) is 14.7 Å². The van der Waals surface area contributed by atoms with E-state index in [1.807, 2.05) is 0 Å². The van der Waals surface area contributed by atoms with Gasteiger partial charge in [0.2, 0.25) is 5.91 Å². The molecule has 0 aliphatic heterocycles. The Hall–Kier alpha value is -2.04. The maximum atomic E-state index is 12.0. The summed E-state index contributed by atoms with van der Waals surface area (Å²) < 4.78 is 0. The van der Waals surface area contributed by atoms with Gasteiger partial charge in [-0.1, -0.05) is 25.0 Å². The van der Waals surface area contributed by atoms with Crippen LogP contribution in [0.2, 0.25) is 0 Å². The van der Waals surface area contributed by atoms with Crippen molar-refractivity contribution in [3.05, 3.63) is 29.8 Å². The summed E-state index contributed by atoms with van der Waals surface area (Å²) in [5, 5.41) is 21.3. The molecule has 1 fully saturated rings. The lowest BCUT2D eigenvalue weighted by Crippen LogP contribution is -2.45. The normalized spacial score (nSPS) is 22.2. The molecular weight excluding hydrogens is 258 g/mol. The summed E-state index contributed by atoms with van der Waals surface area (Å²) in [4.78, 5) is 23.1. The lowest BCUT2D eigenvalue weighted by Gasteiger charge is -2.29. The minimum atomic E-state index is -0.840. The van der Waals surface area contributed by atoms with E-state index in [1.165, 1.54) is 6.07 Å². The highest BCUT2D eigenvalue weighted by Gasteiger charge is 2.31. The van der Waals surface area contributed by atoms with Gasteiger partial charge >= 0.3 is 5.97 Å². The van der Waals surface area contributed by atoms with Gasteiger partial charge in [0.25, 0.3) is 0 Å². The van der Waals surface area contributed by atoms with Crippen LogP contribution in [0.3, 0.4) is 0 Å². The van der Waals surface area contributed by atoms with Crippen LogP contribution in [0.5, 0.6) is 5.75 Å². The lowest BCUT2D eigenvalue weighted by molar-refractivity contribution is -0.144. The van der Waals surface area contributed by atoms with E-state index in [-0.39, 0.29) is 24.1 Å². The van der Waals surface area contributed by atoms with Gasteiger partial charge in [-0.15, -0.1) is 0 Å². The summed E-state index contributed by atoms with van der Waals surface area (Å²) in [6.07, 6.45) is 3.32. The molecule has 5 nitrogen and oxygen atoms in total. The molecule has 1 saturated carbocycles. The van der Waals surface area contributed by atoms with Gasteiger partial charge in [0.15, 0.2) is 0 Å². The molecule has 5 heteroatoms. The van der Waals surface area contributed by atoms with Crippen LogP contribution in [-0.2, 0) is 16.0 Å². The molecule has 3 N–H and O–H groups in total. The van der Waals surface area contributed by atoms with Crippen molar-refractivity contribution in [2.24, 2.45) is 5.92 Å². The van der Waals surface area contributed by atoms with Crippen LogP contribution < -0.4 is 5.32 Å². The topological polar surface area (TPSA) is 86.6 Å². The third kappa shape index (κ3) is 3.73. The van der Waals surface area contributed by atoms with E-state index in [4.69, 9.17) is 5.11 Å². The van der Waals surface area contributed by atoms with Crippen molar-refractivity contribution >= 4 is 11.9 Å². The number of carboxylic acids is 1. The molecule has 0 aromatic heterocycles. The Morgan fingerprint density at radius 2 is 2.00 bits per heavy atom. The number of aliphatic carboxylic acids is 1. The monoisotopic (exact) mass is 277 g/mol. The highest BCUT2D eigenvalue weighted by Crippen LogP contribution is 2.24. The number of hydrogen-bond donors (Lipinski definition) is 3. The zero-order valence-electron chi connectivity index (χ0n) is 11.2. The number of rotatable bonds is 4. The Kier molecular flexibility index (Phi) is 4.61. The maximum Gasteiger partial charge on any atom is 0.308 e. The zero-order valence-corrected chi connectivity index (χ0v) is 11.2. The molecule has 0 spiro atoms. The van der Waals surface area contributed by atoms with Crippen molar-refractivity contribution in [2.75, 3.05) is 0 Å². The lowest BCUT2D eigenvalue weighted by atomic mass is 9.84. The van der Waals surface area contributed by atoms with Crippen LogP contribution in [0.25, 0.3) is 0 Å². The van der Waals surface area contributed by atoms with Crippen LogP contribution in [-0.4, -0.2) is 28.1 Å². The molecule has 1 aromatic rings. The second-order valence-electron chi connectivity index (χ2n) is 5.25. The first-order valence-electron chi connectivity index (χ1n) is 6.86. The quantitative estimate of drug-likeness (QED) is 0.781. The van der Waals surface area contributed by atoms with Gasteiger partial charge in [0.05, 0.1) is 12.3 Å². The first kappa shape index (κ1) is 14.4.